The Balaban J connectivity index is 4.09. The standard InChI is InChI=1S/C68H128O6/c1-4-7-10-13-16-19-22-24-26-28-29-30-31-32-33-34-35-36-37-38-39-41-42-44-46-49-52-55-58-61-67(70)73-64-65(63-72-66(69)60-57-54-51-48-21-18-15-12-9-6-3)74-68(71)62-59-56-53-50-47-45-43-40-27-25-23-20-17-14-11-8-5-2/h12,15,28-29,65H,4-11,13-14,16-27,30-64H2,1-3H3/b15-12-,29-28-. The minimum Gasteiger partial charge on any atom is -0.462 e. The van der Waals surface area contributed by atoms with Crippen molar-refractivity contribution in [1.29, 1.82) is 0 Å². The average molecular weight is 1040 g/mol. The van der Waals surface area contributed by atoms with Gasteiger partial charge in [0.2, 0.25) is 0 Å². The first-order valence-electron chi connectivity index (χ1n) is 33.3. The molecule has 0 aliphatic carbocycles. The summed E-state index contributed by atoms with van der Waals surface area (Å²) in [7, 11) is 0. The van der Waals surface area contributed by atoms with Crippen molar-refractivity contribution in [3.63, 3.8) is 0 Å². The van der Waals surface area contributed by atoms with Gasteiger partial charge in [-0.2, -0.15) is 0 Å². The van der Waals surface area contributed by atoms with E-state index in [-0.39, 0.29) is 31.1 Å². The van der Waals surface area contributed by atoms with Crippen LogP contribution in [0, 0.1) is 0 Å². The summed E-state index contributed by atoms with van der Waals surface area (Å²) in [5.41, 5.74) is 0. The molecule has 0 aromatic carbocycles. The predicted octanol–water partition coefficient (Wildman–Crippen LogP) is 22.6. The summed E-state index contributed by atoms with van der Waals surface area (Å²) in [6.07, 6.45) is 76.4. The molecule has 0 aliphatic heterocycles. The van der Waals surface area contributed by atoms with Gasteiger partial charge in [0.1, 0.15) is 13.2 Å². The van der Waals surface area contributed by atoms with E-state index in [1.165, 1.54) is 263 Å². The lowest BCUT2D eigenvalue weighted by Crippen LogP contribution is -2.30. The summed E-state index contributed by atoms with van der Waals surface area (Å²) in [4.78, 5) is 38.2. The molecule has 436 valence electrons. The topological polar surface area (TPSA) is 78.9 Å². The molecule has 6 heteroatoms. The monoisotopic (exact) mass is 1040 g/mol. The van der Waals surface area contributed by atoms with Gasteiger partial charge in [-0.15, -0.1) is 0 Å². The maximum atomic E-state index is 12.9. The smallest absolute Gasteiger partial charge is 0.306 e. The lowest BCUT2D eigenvalue weighted by atomic mass is 10.0. The SMILES string of the molecule is CCC/C=C\CCCCCCCC(=O)OCC(COC(=O)CCCCCCCCCCCCCCCCCCC/C=C\CCCCCCCCCC)OC(=O)CCCCCCCCCCCCCCCCCCC. The zero-order valence-electron chi connectivity index (χ0n) is 50.1. The first-order chi connectivity index (χ1) is 36.5. The van der Waals surface area contributed by atoms with Gasteiger partial charge < -0.3 is 14.2 Å². The molecule has 0 aromatic rings. The van der Waals surface area contributed by atoms with Crippen molar-refractivity contribution in [2.45, 2.75) is 380 Å². The molecule has 74 heavy (non-hydrogen) atoms. The fraction of sp³-hybridized carbons (Fsp3) is 0.897. The fourth-order valence-corrected chi connectivity index (χ4v) is 10.2. The summed E-state index contributed by atoms with van der Waals surface area (Å²) >= 11 is 0. The van der Waals surface area contributed by atoms with Gasteiger partial charge in [-0.25, -0.2) is 0 Å². The van der Waals surface area contributed by atoms with Gasteiger partial charge in [-0.1, -0.05) is 315 Å². The lowest BCUT2D eigenvalue weighted by Gasteiger charge is -2.18. The Labute approximate surface area is 462 Å². The van der Waals surface area contributed by atoms with E-state index in [0.29, 0.717) is 19.3 Å². The number of carbonyl (C=O) groups is 3. The normalized spacial score (nSPS) is 12.1. The van der Waals surface area contributed by atoms with Gasteiger partial charge in [0.15, 0.2) is 6.10 Å². The second-order valence-electron chi connectivity index (χ2n) is 22.7. The maximum absolute atomic E-state index is 12.9. The molecule has 0 spiro atoms. The highest BCUT2D eigenvalue weighted by Crippen LogP contribution is 2.18. The first kappa shape index (κ1) is 71.9. The molecule has 0 rings (SSSR count). The lowest BCUT2D eigenvalue weighted by molar-refractivity contribution is -0.167. The Morgan fingerprint density at radius 3 is 0.730 bits per heavy atom. The van der Waals surface area contributed by atoms with Crippen LogP contribution in [0.5, 0.6) is 0 Å². The Hall–Kier alpha value is -2.11. The van der Waals surface area contributed by atoms with Gasteiger partial charge in [0.05, 0.1) is 0 Å². The van der Waals surface area contributed by atoms with Gasteiger partial charge >= 0.3 is 17.9 Å². The van der Waals surface area contributed by atoms with E-state index < -0.39 is 6.10 Å². The zero-order valence-corrected chi connectivity index (χ0v) is 50.1. The highest BCUT2D eigenvalue weighted by Gasteiger charge is 2.19. The van der Waals surface area contributed by atoms with E-state index in [0.717, 1.165) is 70.6 Å². The van der Waals surface area contributed by atoms with Crippen LogP contribution in [0.4, 0.5) is 0 Å². The molecular weight excluding hydrogens is 913 g/mol. The summed E-state index contributed by atoms with van der Waals surface area (Å²) < 4.78 is 16.9. The Morgan fingerprint density at radius 2 is 0.473 bits per heavy atom. The molecular formula is C68H128O6. The van der Waals surface area contributed by atoms with Crippen molar-refractivity contribution in [1.82, 2.24) is 0 Å². The van der Waals surface area contributed by atoms with Crippen LogP contribution < -0.4 is 0 Å². The van der Waals surface area contributed by atoms with Crippen LogP contribution in [-0.2, 0) is 28.6 Å². The Kier molecular flexibility index (Phi) is 61.6. The second-order valence-corrected chi connectivity index (χ2v) is 22.7. The molecule has 0 fully saturated rings. The predicted molar refractivity (Wildman–Crippen MR) is 321 cm³/mol. The van der Waals surface area contributed by atoms with Gasteiger partial charge in [-0.05, 0) is 64.2 Å². The number of ether oxygens (including phenoxy) is 3. The minimum atomic E-state index is -0.770. The van der Waals surface area contributed by atoms with E-state index in [1.807, 2.05) is 0 Å². The molecule has 0 saturated heterocycles. The summed E-state index contributed by atoms with van der Waals surface area (Å²) in [6, 6.07) is 0. The molecule has 0 radical (unpaired) electrons. The van der Waals surface area contributed by atoms with E-state index in [1.54, 1.807) is 0 Å². The van der Waals surface area contributed by atoms with Crippen LogP contribution in [0.25, 0.3) is 0 Å². The third kappa shape index (κ3) is 60.8. The van der Waals surface area contributed by atoms with E-state index >= 15 is 0 Å². The number of esters is 3. The molecule has 0 aliphatic rings. The first-order valence-corrected chi connectivity index (χ1v) is 33.3. The van der Waals surface area contributed by atoms with Gasteiger partial charge in [-0.3, -0.25) is 14.4 Å². The Bertz CT molecular complexity index is 1190. The number of allylic oxidation sites excluding steroid dienone is 4. The largest absolute Gasteiger partial charge is 0.462 e. The third-order valence-electron chi connectivity index (χ3n) is 15.2. The molecule has 0 bridgehead atoms. The highest BCUT2D eigenvalue weighted by atomic mass is 16.6. The maximum Gasteiger partial charge on any atom is 0.306 e. The average Bonchev–Trinajstić information content (AvgIpc) is 3.40. The van der Waals surface area contributed by atoms with Crippen molar-refractivity contribution >= 4 is 17.9 Å². The fourth-order valence-electron chi connectivity index (χ4n) is 10.2. The number of hydrogen-bond acceptors (Lipinski definition) is 6. The quantitative estimate of drug-likeness (QED) is 0.0261. The molecule has 0 saturated carbocycles. The minimum absolute atomic E-state index is 0.0681. The summed E-state index contributed by atoms with van der Waals surface area (Å²) in [5.74, 6) is -0.853. The molecule has 1 unspecified atom stereocenters. The molecule has 0 aromatic heterocycles. The van der Waals surface area contributed by atoms with Crippen LogP contribution in [0.15, 0.2) is 24.3 Å². The highest BCUT2D eigenvalue weighted by molar-refractivity contribution is 5.71. The van der Waals surface area contributed by atoms with E-state index in [2.05, 4.69) is 45.1 Å². The van der Waals surface area contributed by atoms with E-state index in [9.17, 15) is 14.4 Å². The zero-order chi connectivity index (χ0) is 53.6. The molecule has 0 N–H and O–H groups in total. The van der Waals surface area contributed by atoms with Crippen molar-refractivity contribution in [3.8, 4) is 0 Å². The van der Waals surface area contributed by atoms with Crippen LogP contribution >= 0.6 is 0 Å². The van der Waals surface area contributed by atoms with Crippen LogP contribution in [0.2, 0.25) is 0 Å². The summed E-state index contributed by atoms with van der Waals surface area (Å²) in [5, 5.41) is 0. The van der Waals surface area contributed by atoms with Crippen LogP contribution in [0.1, 0.15) is 374 Å². The summed E-state index contributed by atoms with van der Waals surface area (Å²) in [6.45, 7) is 6.64. The van der Waals surface area contributed by atoms with Gasteiger partial charge in [0, 0.05) is 19.3 Å². The van der Waals surface area contributed by atoms with E-state index in [4.69, 9.17) is 14.2 Å². The van der Waals surface area contributed by atoms with Crippen LogP contribution in [-0.4, -0.2) is 37.2 Å². The Morgan fingerprint density at radius 1 is 0.257 bits per heavy atom. The molecule has 6 nitrogen and oxygen atoms in total. The molecule has 1 atom stereocenters. The van der Waals surface area contributed by atoms with Crippen LogP contribution in [0.3, 0.4) is 0 Å². The number of carbonyl (C=O) groups excluding carboxylic acids is 3. The van der Waals surface area contributed by atoms with Crippen molar-refractivity contribution in [3.05, 3.63) is 24.3 Å². The molecule has 0 heterocycles. The molecule has 0 amide bonds. The second kappa shape index (κ2) is 63.4. The van der Waals surface area contributed by atoms with Gasteiger partial charge in [0.25, 0.3) is 0 Å². The van der Waals surface area contributed by atoms with Crippen molar-refractivity contribution in [2.24, 2.45) is 0 Å². The number of hydrogen-bond donors (Lipinski definition) is 0. The van der Waals surface area contributed by atoms with Crippen molar-refractivity contribution in [2.75, 3.05) is 13.2 Å². The number of unbranched alkanes of at least 4 members (excludes halogenated alkanes) is 47. The number of rotatable bonds is 62. The third-order valence-corrected chi connectivity index (χ3v) is 15.2. The van der Waals surface area contributed by atoms with Crippen molar-refractivity contribution < 1.29 is 28.6 Å².